The van der Waals surface area contributed by atoms with E-state index in [0.29, 0.717) is 0 Å². The molecule has 0 spiro atoms. The second kappa shape index (κ2) is 5.85. The van der Waals surface area contributed by atoms with Crippen LogP contribution in [-0.2, 0) is 0 Å². The normalized spacial score (nSPS) is 16.4. The molecule has 1 aromatic carbocycles. The molecule has 3 rings (SSSR count). The van der Waals surface area contributed by atoms with Crippen LogP contribution in [0.4, 0.5) is 5.69 Å². The molecule has 1 aliphatic rings. The van der Waals surface area contributed by atoms with Crippen molar-refractivity contribution in [2.75, 3.05) is 45.2 Å². The van der Waals surface area contributed by atoms with E-state index >= 15 is 0 Å². The number of benzene rings is 1. The van der Waals surface area contributed by atoms with Gasteiger partial charge in [-0.1, -0.05) is 0 Å². The van der Waals surface area contributed by atoms with Crippen molar-refractivity contribution in [2.45, 2.75) is 0 Å². The van der Waals surface area contributed by atoms with Gasteiger partial charge in [-0.05, 0) is 36.2 Å². The molecule has 1 radical (unpaired) electrons. The first-order valence-corrected chi connectivity index (χ1v) is 7.72. The highest BCUT2D eigenvalue weighted by atomic mass is 32.1. The molecule has 1 fully saturated rings. The Hall–Kier alpha value is -1.52. The fourth-order valence-electron chi connectivity index (χ4n) is 2.56. The number of methoxy groups -OCH3 is 1. The Morgan fingerprint density at radius 3 is 2.65 bits per heavy atom. The lowest BCUT2D eigenvalue weighted by atomic mass is 10.0. The number of rotatable bonds is 3. The summed E-state index contributed by atoms with van der Waals surface area (Å²) in [4.78, 5) is 4.82. The first-order valence-electron chi connectivity index (χ1n) is 6.84. The lowest BCUT2D eigenvalue weighted by molar-refractivity contribution is 0.313. The van der Waals surface area contributed by atoms with Crippen molar-refractivity contribution in [2.24, 2.45) is 0 Å². The number of hydrogen-bond acceptors (Lipinski definition) is 4. The zero-order valence-electron chi connectivity index (χ0n) is 11.9. The molecule has 20 heavy (non-hydrogen) atoms. The molecule has 4 heteroatoms. The Morgan fingerprint density at radius 2 is 2.00 bits per heavy atom. The summed E-state index contributed by atoms with van der Waals surface area (Å²) in [7, 11) is 3.90. The van der Waals surface area contributed by atoms with E-state index in [1.165, 1.54) is 16.8 Å². The molecule has 0 atom stereocenters. The van der Waals surface area contributed by atoms with E-state index in [4.69, 9.17) is 4.74 Å². The molecule has 0 saturated carbocycles. The summed E-state index contributed by atoms with van der Waals surface area (Å²) in [5, 5.41) is 5.33. The monoisotopic (exact) mass is 287 g/mol. The van der Waals surface area contributed by atoms with Crippen LogP contribution in [0.2, 0.25) is 0 Å². The maximum Gasteiger partial charge on any atom is 0.120 e. The summed E-state index contributed by atoms with van der Waals surface area (Å²) in [6, 6.07) is 8.40. The van der Waals surface area contributed by atoms with Crippen molar-refractivity contribution in [1.82, 2.24) is 4.90 Å². The molecule has 2 heterocycles. The standard InChI is InChI=1S/C16H19N2OS/c1-17-6-8-18(9-7-17)16-11-14(19-2)3-4-15(16)13-5-10-20-12-13/h3-5,11-12H,6-9H2,1-2H3. The predicted molar refractivity (Wildman–Crippen MR) is 84.9 cm³/mol. The highest BCUT2D eigenvalue weighted by Gasteiger charge is 2.18. The van der Waals surface area contributed by atoms with Crippen molar-refractivity contribution in [1.29, 1.82) is 0 Å². The maximum absolute atomic E-state index is 5.40. The van der Waals surface area contributed by atoms with Crippen LogP contribution in [0.15, 0.2) is 29.6 Å². The molecule has 0 amide bonds. The Labute approximate surface area is 124 Å². The summed E-state index contributed by atoms with van der Waals surface area (Å²) in [6.45, 7) is 4.33. The van der Waals surface area contributed by atoms with E-state index in [-0.39, 0.29) is 0 Å². The average Bonchev–Trinajstić information content (AvgIpc) is 3.01. The number of ether oxygens (including phenoxy) is 1. The number of anilines is 1. The Morgan fingerprint density at radius 1 is 1.20 bits per heavy atom. The number of piperazine rings is 1. The Kier molecular flexibility index (Phi) is 3.94. The molecule has 105 valence electrons. The van der Waals surface area contributed by atoms with Gasteiger partial charge in [-0.2, -0.15) is 0 Å². The SMILES string of the molecule is COc1ccc(-c2c[c]sc2)c(N2CCN(C)CC2)c1. The first kappa shape index (κ1) is 13.5. The summed E-state index contributed by atoms with van der Waals surface area (Å²) in [5.74, 6) is 0.918. The third kappa shape index (κ3) is 2.67. The Balaban J connectivity index is 1.98. The van der Waals surface area contributed by atoms with Gasteiger partial charge in [0.25, 0.3) is 0 Å². The molecule has 0 bridgehead atoms. The molecule has 3 nitrogen and oxygen atoms in total. The fourth-order valence-corrected chi connectivity index (χ4v) is 3.15. The minimum atomic E-state index is 0.918. The van der Waals surface area contributed by atoms with Crippen LogP contribution in [0, 0.1) is 5.38 Å². The van der Waals surface area contributed by atoms with Crippen LogP contribution in [0.3, 0.4) is 0 Å². The van der Waals surface area contributed by atoms with Crippen molar-refractivity contribution in [3.8, 4) is 16.9 Å². The van der Waals surface area contributed by atoms with Crippen molar-refractivity contribution >= 4 is 17.0 Å². The summed E-state index contributed by atoms with van der Waals surface area (Å²) in [6.07, 6.45) is 0. The molecular weight excluding hydrogens is 268 g/mol. The van der Waals surface area contributed by atoms with E-state index in [2.05, 4.69) is 45.8 Å². The minimum absolute atomic E-state index is 0.918. The minimum Gasteiger partial charge on any atom is -0.497 e. The molecule has 1 aliphatic heterocycles. The quantitative estimate of drug-likeness (QED) is 0.863. The van der Waals surface area contributed by atoms with Crippen molar-refractivity contribution in [3.63, 3.8) is 0 Å². The lowest BCUT2D eigenvalue weighted by Gasteiger charge is -2.35. The molecule has 1 saturated heterocycles. The second-order valence-electron chi connectivity index (χ2n) is 5.13. The molecule has 0 unspecified atom stereocenters. The van der Waals surface area contributed by atoms with E-state index in [0.717, 1.165) is 31.9 Å². The molecule has 2 aromatic rings. The van der Waals surface area contributed by atoms with Crippen LogP contribution in [0.5, 0.6) is 5.75 Å². The summed E-state index contributed by atoms with van der Waals surface area (Å²) in [5.41, 5.74) is 3.78. The van der Waals surface area contributed by atoms with Gasteiger partial charge in [-0.3, -0.25) is 0 Å². The highest BCUT2D eigenvalue weighted by Crippen LogP contribution is 2.35. The maximum atomic E-state index is 5.40. The zero-order valence-corrected chi connectivity index (χ0v) is 12.7. The molecule has 1 aromatic heterocycles. The van der Waals surface area contributed by atoms with Gasteiger partial charge in [0.15, 0.2) is 0 Å². The van der Waals surface area contributed by atoms with Gasteiger partial charge < -0.3 is 14.5 Å². The molecular formula is C16H19N2OS. The number of nitrogens with zero attached hydrogens (tertiary/aromatic N) is 2. The summed E-state index contributed by atoms with van der Waals surface area (Å²) >= 11 is 1.62. The topological polar surface area (TPSA) is 15.7 Å². The smallest absolute Gasteiger partial charge is 0.120 e. The largest absolute Gasteiger partial charge is 0.497 e. The van der Waals surface area contributed by atoms with Crippen LogP contribution >= 0.6 is 11.3 Å². The van der Waals surface area contributed by atoms with Gasteiger partial charge in [0.05, 0.1) is 7.11 Å². The van der Waals surface area contributed by atoms with Crippen molar-refractivity contribution < 1.29 is 4.74 Å². The highest BCUT2D eigenvalue weighted by molar-refractivity contribution is 7.07. The van der Waals surface area contributed by atoms with Gasteiger partial charge in [0.1, 0.15) is 5.75 Å². The lowest BCUT2D eigenvalue weighted by Crippen LogP contribution is -2.44. The molecule has 0 aliphatic carbocycles. The molecule has 0 N–H and O–H groups in total. The van der Waals surface area contributed by atoms with Gasteiger partial charge in [-0.25, -0.2) is 0 Å². The third-order valence-electron chi connectivity index (χ3n) is 3.83. The fraction of sp³-hybridized carbons (Fsp3) is 0.375. The van der Waals surface area contributed by atoms with Crippen LogP contribution < -0.4 is 9.64 Å². The van der Waals surface area contributed by atoms with Crippen molar-refractivity contribution in [3.05, 3.63) is 35.0 Å². The van der Waals surface area contributed by atoms with Crippen LogP contribution in [0.1, 0.15) is 0 Å². The number of thiophene rings is 1. The van der Waals surface area contributed by atoms with E-state index < -0.39 is 0 Å². The second-order valence-corrected chi connectivity index (χ2v) is 5.83. The van der Waals surface area contributed by atoms with Gasteiger partial charge >= 0.3 is 0 Å². The van der Waals surface area contributed by atoms with E-state index in [9.17, 15) is 0 Å². The van der Waals surface area contributed by atoms with E-state index in [1.54, 1.807) is 18.4 Å². The number of likely N-dealkylation sites (N-methyl/N-ethyl adjacent to an activating group) is 1. The number of hydrogen-bond donors (Lipinski definition) is 0. The van der Waals surface area contributed by atoms with Gasteiger partial charge in [-0.15, -0.1) is 11.3 Å². The van der Waals surface area contributed by atoms with Crippen LogP contribution in [0.25, 0.3) is 11.1 Å². The van der Waals surface area contributed by atoms with Gasteiger partial charge in [0, 0.05) is 48.9 Å². The van der Waals surface area contributed by atoms with E-state index in [1.807, 2.05) is 6.07 Å². The average molecular weight is 287 g/mol. The zero-order chi connectivity index (χ0) is 13.9. The first-order chi connectivity index (χ1) is 9.78. The summed E-state index contributed by atoms with van der Waals surface area (Å²) < 4.78 is 5.40. The van der Waals surface area contributed by atoms with Gasteiger partial charge in [0.2, 0.25) is 0 Å². The Bertz CT molecular complexity index is 560. The van der Waals surface area contributed by atoms with Crippen LogP contribution in [-0.4, -0.2) is 45.2 Å². The predicted octanol–water partition coefficient (Wildman–Crippen LogP) is 2.98. The third-order valence-corrected chi connectivity index (χ3v) is 4.45.